The van der Waals surface area contributed by atoms with Crippen molar-refractivity contribution >= 4 is 98.0 Å². The van der Waals surface area contributed by atoms with E-state index in [2.05, 4.69) is 238 Å². The summed E-state index contributed by atoms with van der Waals surface area (Å²) in [5, 5.41) is 12.0. The van der Waals surface area contributed by atoms with E-state index in [1.54, 1.807) is 0 Å². The lowest BCUT2D eigenvalue weighted by Gasteiger charge is -2.17. The van der Waals surface area contributed by atoms with E-state index >= 15 is 0 Å². The second-order valence-corrected chi connectivity index (χ2v) is 18.4. The Bertz CT molecular complexity index is 4710. The van der Waals surface area contributed by atoms with Gasteiger partial charge in [0.2, 0.25) is 0 Å². The number of para-hydroxylation sites is 4. The van der Waals surface area contributed by atoms with Gasteiger partial charge < -0.3 is 9.13 Å². The van der Waals surface area contributed by atoms with E-state index in [9.17, 15) is 0 Å². The fourth-order valence-electron chi connectivity index (χ4n) is 12.1. The van der Waals surface area contributed by atoms with Crippen LogP contribution in [-0.2, 0) is 0 Å². The van der Waals surface area contributed by atoms with Crippen LogP contribution in [0, 0.1) is 0 Å². The summed E-state index contributed by atoms with van der Waals surface area (Å²) in [6.45, 7) is 0. The van der Waals surface area contributed by atoms with Crippen molar-refractivity contribution in [3.63, 3.8) is 0 Å². The van der Waals surface area contributed by atoms with Crippen LogP contribution in [0.1, 0.15) is 0 Å². The maximum absolute atomic E-state index is 5.90. The molecular formula is C64H37N5. The molecule has 16 rings (SSSR count). The molecule has 4 aromatic heterocycles. The van der Waals surface area contributed by atoms with E-state index in [4.69, 9.17) is 9.97 Å². The number of hydrogen-bond donors (Lipinski definition) is 0. The van der Waals surface area contributed by atoms with Crippen LogP contribution in [-0.4, -0.2) is 23.7 Å². The van der Waals surface area contributed by atoms with Gasteiger partial charge in [-0.1, -0.05) is 158 Å². The Kier molecular flexibility index (Phi) is 7.28. The van der Waals surface area contributed by atoms with Crippen molar-refractivity contribution in [3.05, 3.63) is 224 Å². The van der Waals surface area contributed by atoms with E-state index in [1.807, 2.05) is 0 Å². The SMILES string of the molecule is c1ccc(-n2c3ccccc3c3cc(-c4nc5ccc6ccccc6c5nc4-n4c5cc6c(c7c5c5c8c(cccc8ccc54)-c4ccccc4-7)c4ccccc4n6-c4ccccc4)ccc32)cc1. The Morgan fingerprint density at radius 2 is 0.899 bits per heavy atom. The molecule has 0 N–H and O–H groups in total. The van der Waals surface area contributed by atoms with Crippen molar-refractivity contribution in [2.24, 2.45) is 0 Å². The molecule has 0 amide bonds. The Balaban J connectivity index is 1.12. The minimum Gasteiger partial charge on any atom is -0.309 e. The molecule has 0 spiro atoms. The van der Waals surface area contributed by atoms with Crippen molar-refractivity contribution < 1.29 is 0 Å². The van der Waals surface area contributed by atoms with Gasteiger partial charge in [0.15, 0.2) is 5.82 Å². The molecule has 318 valence electrons. The molecule has 0 fully saturated rings. The monoisotopic (exact) mass is 875 g/mol. The van der Waals surface area contributed by atoms with Gasteiger partial charge in [-0.25, -0.2) is 9.97 Å². The van der Waals surface area contributed by atoms with Crippen LogP contribution in [0.25, 0.3) is 149 Å². The molecule has 0 saturated heterocycles. The lowest BCUT2D eigenvalue weighted by Crippen LogP contribution is -2.04. The maximum Gasteiger partial charge on any atom is 0.165 e. The second kappa shape index (κ2) is 13.6. The summed E-state index contributed by atoms with van der Waals surface area (Å²) in [6, 6.07) is 81.8. The second-order valence-electron chi connectivity index (χ2n) is 18.4. The molecule has 0 unspecified atom stereocenters. The van der Waals surface area contributed by atoms with Crippen molar-refractivity contribution in [1.29, 1.82) is 0 Å². The molecule has 69 heavy (non-hydrogen) atoms. The first kappa shape index (κ1) is 36.8. The topological polar surface area (TPSA) is 40.6 Å². The Morgan fingerprint density at radius 1 is 0.304 bits per heavy atom. The molecular weight excluding hydrogens is 839 g/mol. The largest absolute Gasteiger partial charge is 0.309 e. The highest BCUT2D eigenvalue weighted by atomic mass is 15.1. The van der Waals surface area contributed by atoms with Crippen LogP contribution < -0.4 is 0 Å². The summed E-state index contributed by atoms with van der Waals surface area (Å²) in [7, 11) is 0. The smallest absolute Gasteiger partial charge is 0.165 e. The standard InChI is InChI=1S/C64H37N5/c1-3-18-41(19-4-1)67-51-28-13-11-24-45(51)49-36-40(32-34-53(49)67)62-64(66-63-43-22-8-7-16-38(43)30-33-50(63)65-62)69-54-35-31-39-17-15-27-46-44-23-9-10-25-47(44)59-58-48-26-12-14-29-52(48)68(42-20-5-2-6-21-42)55(58)37-56(69)61(59)60(54)57(39)46/h1-37H. The van der Waals surface area contributed by atoms with Crippen LogP contribution in [0.3, 0.4) is 0 Å². The molecule has 0 atom stereocenters. The third-order valence-corrected chi connectivity index (χ3v) is 14.9. The fourth-order valence-corrected chi connectivity index (χ4v) is 12.1. The first-order valence-electron chi connectivity index (χ1n) is 23.7. The lowest BCUT2D eigenvalue weighted by molar-refractivity contribution is 1.08. The average molecular weight is 876 g/mol. The summed E-state index contributed by atoms with van der Waals surface area (Å²) >= 11 is 0. The average Bonchev–Trinajstić information content (AvgIpc) is 4.02. The molecule has 0 aliphatic heterocycles. The molecule has 0 radical (unpaired) electrons. The zero-order valence-corrected chi connectivity index (χ0v) is 37.1. The minimum absolute atomic E-state index is 0.795. The van der Waals surface area contributed by atoms with Gasteiger partial charge in [-0.15, -0.1) is 0 Å². The highest BCUT2D eigenvalue weighted by Crippen LogP contribution is 2.54. The number of rotatable bonds is 4. The summed E-state index contributed by atoms with van der Waals surface area (Å²) in [5.41, 5.74) is 17.6. The zero-order valence-electron chi connectivity index (χ0n) is 37.1. The third kappa shape index (κ3) is 4.92. The van der Waals surface area contributed by atoms with E-state index in [0.717, 1.165) is 77.8 Å². The van der Waals surface area contributed by atoms with Gasteiger partial charge in [0.25, 0.3) is 0 Å². The third-order valence-electron chi connectivity index (χ3n) is 14.9. The van der Waals surface area contributed by atoms with Gasteiger partial charge in [-0.3, -0.25) is 4.57 Å². The number of hydrogen-bond acceptors (Lipinski definition) is 2. The Labute approximate surface area is 395 Å². The van der Waals surface area contributed by atoms with Crippen LogP contribution in [0.4, 0.5) is 0 Å². The summed E-state index contributed by atoms with van der Waals surface area (Å²) < 4.78 is 7.28. The summed E-state index contributed by atoms with van der Waals surface area (Å²) in [5.74, 6) is 0.795. The number of aromatic nitrogens is 5. The van der Waals surface area contributed by atoms with Crippen LogP contribution in [0.15, 0.2) is 224 Å². The van der Waals surface area contributed by atoms with Crippen molar-refractivity contribution in [2.45, 2.75) is 0 Å². The summed E-state index contributed by atoms with van der Waals surface area (Å²) in [6.07, 6.45) is 0. The van der Waals surface area contributed by atoms with Gasteiger partial charge in [0.05, 0.1) is 44.1 Å². The quantitative estimate of drug-likeness (QED) is 0.165. The molecule has 11 aromatic carbocycles. The first-order valence-corrected chi connectivity index (χ1v) is 23.7. The fraction of sp³-hybridized carbons (Fsp3) is 0. The molecule has 0 saturated carbocycles. The number of nitrogens with zero attached hydrogens (tertiary/aromatic N) is 5. The molecule has 15 aromatic rings. The molecule has 5 nitrogen and oxygen atoms in total. The van der Waals surface area contributed by atoms with Gasteiger partial charge in [0.1, 0.15) is 5.69 Å². The summed E-state index contributed by atoms with van der Waals surface area (Å²) in [4.78, 5) is 11.6. The minimum atomic E-state index is 0.795. The van der Waals surface area contributed by atoms with Gasteiger partial charge in [0, 0.05) is 60.2 Å². The van der Waals surface area contributed by atoms with Gasteiger partial charge in [-0.2, -0.15) is 0 Å². The van der Waals surface area contributed by atoms with Crippen molar-refractivity contribution in [2.75, 3.05) is 0 Å². The predicted molar refractivity (Wildman–Crippen MR) is 287 cm³/mol. The van der Waals surface area contributed by atoms with E-state index in [0.29, 0.717) is 0 Å². The van der Waals surface area contributed by atoms with E-state index in [-0.39, 0.29) is 0 Å². The molecule has 5 heteroatoms. The predicted octanol–water partition coefficient (Wildman–Crippen LogP) is 16.5. The maximum atomic E-state index is 5.90. The first-order chi connectivity index (χ1) is 34.3. The van der Waals surface area contributed by atoms with Crippen LogP contribution in [0.5, 0.6) is 0 Å². The highest BCUT2D eigenvalue weighted by Gasteiger charge is 2.31. The zero-order chi connectivity index (χ0) is 44.9. The lowest BCUT2D eigenvalue weighted by atomic mass is 9.91. The number of fused-ring (bicyclic) bond motifs is 13. The van der Waals surface area contributed by atoms with Crippen molar-refractivity contribution in [1.82, 2.24) is 23.7 Å². The van der Waals surface area contributed by atoms with Gasteiger partial charge in [-0.05, 0) is 99.6 Å². The van der Waals surface area contributed by atoms with E-state index in [1.165, 1.54) is 70.9 Å². The molecule has 4 heterocycles. The van der Waals surface area contributed by atoms with E-state index < -0.39 is 0 Å². The van der Waals surface area contributed by atoms with Crippen LogP contribution in [0.2, 0.25) is 0 Å². The highest BCUT2D eigenvalue weighted by molar-refractivity contribution is 6.36. The number of benzene rings is 11. The Hall–Kier alpha value is -9.32. The molecule has 0 bridgehead atoms. The molecule has 1 aliphatic carbocycles. The molecule has 1 aliphatic rings. The van der Waals surface area contributed by atoms with Gasteiger partial charge >= 0.3 is 0 Å². The van der Waals surface area contributed by atoms with Crippen molar-refractivity contribution in [3.8, 4) is 50.7 Å². The normalized spacial score (nSPS) is 12.3. The van der Waals surface area contributed by atoms with Crippen LogP contribution >= 0.6 is 0 Å². The Morgan fingerprint density at radius 3 is 1.71 bits per heavy atom.